The molecule has 1 aliphatic carbocycles. The minimum atomic E-state index is -0.0753. The molecule has 1 atom stereocenters. The van der Waals surface area contributed by atoms with E-state index in [1.165, 1.54) is 22.3 Å². The molecule has 2 aromatic rings. The molecule has 4 rings (SSSR count). The quantitative estimate of drug-likeness (QED) is 0.890. The zero-order valence-corrected chi connectivity index (χ0v) is 12.5. The van der Waals surface area contributed by atoms with E-state index in [9.17, 15) is 4.79 Å². The molecular formula is C19H20N2O. The van der Waals surface area contributed by atoms with E-state index in [1.54, 1.807) is 0 Å². The first-order valence-electron chi connectivity index (χ1n) is 7.97. The Morgan fingerprint density at radius 2 is 1.59 bits per heavy atom. The number of benzene rings is 2. The Hall–Kier alpha value is -2.13. The molecular weight excluding hydrogens is 272 g/mol. The highest BCUT2D eigenvalue weighted by Crippen LogP contribution is 2.26. The third-order valence-electron chi connectivity index (χ3n) is 4.81. The van der Waals surface area contributed by atoms with E-state index in [2.05, 4.69) is 47.0 Å². The van der Waals surface area contributed by atoms with Crippen molar-refractivity contribution in [1.29, 1.82) is 0 Å². The first kappa shape index (κ1) is 13.5. The van der Waals surface area contributed by atoms with Gasteiger partial charge in [-0.05, 0) is 35.1 Å². The monoisotopic (exact) mass is 292 g/mol. The number of nitrogens with one attached hydrogen (secondary N) is 2. The summed E-state index contributed by atoms with van der Waals surface area (Å²) >= 11 is 0. The summed E-state index contributed by atoms with van der Waals surface area (Å²) in [5, 5.41) is 6.61. The van der Waals surface area contributed by atoms with Gasteiger partial charge in [-0.25, -0.2) is 0 Å². The molecule has 0 spiro atoms. The highest BCUT2D eigenvalue weighted by atomic mass is 16.2. The third-order valence-corrected chi connectivity index (χ3v) is 4.81. The van der Waals surface area contributed by atoms with Crippen molar-refractivity contribution in [3.63, 3.8) is 0 Å². The van der Waals surface area contributed by atoms with E-state index >= 15 is 0 Å². The van der Waals surface area contributed by atoms with Crippen LogP contribution < -0.4 is 10.6 Å². The summed E-state index contributed by atoms with van der Waals surface area (Å²) in [4.78, 5) is 12.7. The third kappa shape index (κ3) is 2.42. The molecule has 22 heavy (non-hydrogen) atoms. The molecule has 2 aliphatic rings. The van der Waals surface area contributed by atoms with Gasteiger partial charge >= 0.3 is 0 Å². The Balaban J connectivity index is 1.48. The number of amides is 1. The number of carbonyl (C=O) groups is 1. The smallest absolute Gasteiger partial charge is 0.229 e. The summed E-state index contributed by atoms with van der Waals surface area (Å²) in [6, 6.07) is 17.0. The van der Waals surface area contributed by atoms with E-state index in [4.69, 9.17) is 0 Å². The van der Waals surface area contributed by atoms with Crippen LogP contribution in [0.15, 0.2) is 48.5 Å². The Bertz CT molecular complexity index is 685. The van der Waals surface area contributed by atoms with Crippen LogP contribution in [0.2, 0.25) is 0 Å². The Labute approximate surface area is 130 Å². The lowest BCUT2D eigenvalue weighted by molar-refractivity contribution is -0.123. The van der Waals surface area contributed by atoms with Gasteiger partial charge in [-0.1, -0.05) is 48.5 Å². The Morgan fingerprint density at radius 3 is 2.32 bits per heavy atom. The van der Waals surface area contributed by atoms with Gasteiger partial charge in [0.05, 0.1) is 5.92 Å². The van der Waals surface area contributed by atoms with Crippen LogP contribution in [0.3, 0.4) is 0 Å². The van der Waals surface area contributed by atoms with Gasteiger partial charge < -0.3 is 10.6 Å². The molecule has 112 valence electrons. The normalized spacial score (nSPS) is 20.3. The van der Waals surface area contributed by atoms with Gasteiger partial charge in [0, 0.05) is 19.1 Å². The number of rotatable bonds is 2. The van der Waals surface area contributed by atoms with Crippen molar-refractivity contribution in [2.24, 2.45) is 0 Å². The number of fused-ring (bicyclic) bond motifs is 2. The summed E-state index contributed by atoms with van der Waals surface area (Å²) in [7, 11) is 0. The molecule has 1 heterocycles. The standard InChI is InChI=1S/C19H20N2O/c22-19(18-12-20-11-15-7-3-4-8-17(15)18)21-16-9-13-5-1-2-6-14(13)10-16/h1-8,16,18,20H,9-12H2,(H,21,22). The van der Waals surface area contributed by atoms with Crippen molar-refractivity contribution in [2.45, 2.75) is 31.3 Å². The highest BCUT2D eigenvalue weighted by molar-refractivity contribution is 5.85. The molecule has 0 aromatic heterocycles. The average Bonchev–Trinajstić information content (AvgIpc) is 2.96. The zero-order chi connectivity index (χ0) is 14.9. The SMILES string of the molecule is O=C(NC1Cc2ccccc2C1)C1CNCc2ccccc21. The summed E-state index contributed by atoms with van der Waals surface area (Å²) in [5.74, 6) is 0.0751. The van der Waals surface area contributed by atoms with Gasteiger partial charge in [-0.2, -0.15) is 0 Å². The lowest BCUT2D eigenvalue weighted by Gasteiger charge is -2.26. The molecule has 0 radical (unpaired) electrons. The zero-order valence-electron chi connectivity index (χ0n) is 12.5. The molecule has 0 fully saturated rings. The number of hydrogen-bond donors (Lipinski definition) is 2. The fourth-order valence-electron chi connectivity index (χ4n) is 3.69. The molecule has 1 amide bonds. The molecule has 0 saturated carbocycles. The van der Waals surface area contributed by atoms with E-state index in [-0.39, 0.29) is 17.9 Å². The minimum Gasteiger partial charge on any atom is -0.352 e. The summed E-state index contributed by atoms with van der Waals surface area (Å²) in [5.41, 5.74) is 5.16. The maximum atomic E-state index is 12.7. The van der Waals surface area contributed by atoms with Gasteiger partial charge in [-0.3, -0.25) is 4.79 Å². The maximum absolute atomic E-state index is 12.7. The summed E-state index contributed by atoms with van der Waals surface area (Å²) in [6.45, 7) is 1.58. The predicted molar refractivity (Wildman–Crippen MR) is 86.7 cm³/mol. The molecule has 3 heteroatoms. The van der Waals surface area contributed by atoms with Crippen LogP contribution in [0.25, 0.3) is 0 Å². The second-order valence-electron chi connectivity index (χ2n) is 6.26. The molecule has 0 bridgehead atoms. The van der Waals surface area contributed by atoms with Gasteiger partial charge in [0.15, 0.2) is 0 Å². The van der Waals surface area contributed by atoms with Crippen molar-refractivity contribution in [3.05, 3.63) is 70.8 Å². The molecule has 0 saturated heterocycles. The number of hydrogen-bond acceptors (Lipinski definition) is 2. The van der Waals surface area contributed by atoms with Crippen LogP contribution in [0, 0.1) is 0 Å². The number of carbonyl (C=O) groups excluding carboxylic acids is 1. The maximum Gasteiger partial charge on any atom is 0.229 e. The second-order valence-corrected chi connectivity index (χ2v) is 6.26. The van der Waals surface area contributed by atoms with Crippen LogP contribution >= 0.6 is 0 Å². The average molecular weight is 292 g/mol. The predicted octanol–water partition coefficient (Wildman–Crippen LogP) is 2.16. The lowest BCUT2D eigenvalue weighted by atomic mass is 9.90. The van der Waals surface area contributed by atoms with Gasteiger partial charge in [0.2, 0.25) is 5.91 Å². The summed E-state index contributed by atoms with van der Waals surface area (Å²) in [6.07, 6.45) is 1.90. The lowest BCUT2D eigenvalue weighted by Crippen LogP contribution is -2.43. The van der Waals surface area contributed by atoms with Crippen molar-refractivity contribution >= 4 is 5.91 Å². The van der Waals surface area contributed by atoms with E-state index in [1.807, 2.05) is 12.1 Å². The topological polar surface area (TPSA) is 41.1 Å². The Morgan fingerprint density at radius 1 is 0.955 bits per heavy atom. The second kappa shape index (κ2) is 5.58. The van der Waals surface area contributed by atoms with Crippen LogP contribution in [0.5, 0.6) is 0 Å². The molecule has 3 nitrogen and oxygen atoms in total. The van der Waals surface area contributed by atoms with Crippen LogP contribution in [-0.2, 0) is 24.2 Å². The van der Waals surface area contributed by atoms with Crippen molar-refractivity contribution < 1.29 is 4.79 Å². The van der Waals surface area contributed by atoms with Crippen molar-refractivity contribution in [1.82, 2.24) is 10.6 Å². The minimum absolute atomic E-state index is 0.0753. The molecule has 2 aromatic carbocycles. The largest absolute Gasteiger partial charge is 0.352 e. The van der Waals surface area contributed by atoms with Gasteiger partial charge in [0.1, 0.15) is 0 Å². The highest BCUT2D eigenvalue weighted by Gasteiger charge is 2.29. The van der Waals surface area contributed by atoms with Crippen LogP contribution in [0.4, 0.5) is 0 Å². The molecule has 1 aliphatic heterocycles. The van der Waals surface area contributed by atoms with Crippen LogP contribution in [0.1, 0.15) is 28.2 Å². The van der Waals surface area contributed by atoms with Crippen molar-refractivity contribution in [3.8, 4) is 0 Å². The summed E-state index contributed by atoms with van der Waals surface area (Å²) < 4.78 is 0. The van der Waals surface area contributed by atoms with E-state index in [0.29, 0.717) is 0 Å². The van der Waals surface area contributed by atoms with Crippen molar-refractivity contribution in [2.75, 3.05) is 6.54 Å². The molecule has 2 N–H and O–H groups in total. The first-order valence-corrected chi connectivity index (χ1v) is 7.97. The van der Waals surface area contributed by atoms with E-state index < -0.39 is 0 Å². The fraction of sp³-hybridized carbons (Fsp3) is 0.316. The fourth-order valence-corrected chi connectivity index (χ4v) is 3.69. The van der Waals surface area contributed by atoms with E-state index in [0.717, 1.165) is 25.9 Å². The Kier molecular flexibility index (Phi) is 3.43. The molecule has 1 unspecified atom stereocenters. The first-order chi connectivity index (χ1) is 10.8. The van der Waals surface area contributed by atoms with Crippen LogP contribution in [-0.4, -0.2) is 18.5 Å². The van der Waals surface area contributed by atoms with Gasteiger partial charge in [0.25, 0.3) is 0 Å². The van der Waals surface area contributed by atoms with Gasteiger partial charge in [-0.15, -0.1) is 0 Å².